The zero-order valence-corrected chi connectivity index (χ0v) is 14.4. The van der Waals surface area contributed by atoms with Crippen molar-refractivity contribution in [1.29, 1.82) is 0 Å². The van der Waals surface area contributed by atoms with E-state index in [1.54, 1.807) is 18.2 Å². The topological polar surface area (TPSA) is 46.2 Å². The number of halogens is 2. The van der Waals surface area contributed by atoms with Crippen molar-refractivity contribution in [2.24, 2.45) is 0 Å². The number of benzene rings is 2. The van der Waals surface area contributed by atoms with E-state index in [2.05, 4.69) is 4.72 Å². The van der Waals surface area contributed by atoms with Gasteiger partial charge in [0.1, 0.15) is 0 Å². The summed E-state index contributed by atoms with van der Waals surface area (Å²) in [7, 11) is -3.50. The second-order valence-electron chi connectivity index (χ2n) is 5.12. The Morgan fingerprint density at radius 1 is 1.00 bits per heavy atom. The highest BCUT2D eigenvalue weighted by Gasteiger charge is 2.17. The highest BCUT2D eigenvalue weighted by molar-refractivity contribution is 7.88. The lowest BCUT2D eigenvalue weighted by atomic mass is 10.0. The Hall–Kier alpha value is -1.07. The third-order valence-electron chi connectivity index (χ3n) is 3.37. The van der Waals surface area contributed by atoms with E-state index in [1.165, 1.54) is 0 Å². The molecule has 0 bridgehead atoms. The van der Waals surface area contributed by atoms with Gasteiger partial charge in [0.05, 0.1) is 5.75 Å². The Morgan fingerprint density at radius 2 is 1.59 bits per heavy atom. The molecule has 0 aliphatic rings. The van der Waals surface area contributed by atoms with Gasteiger partial charge in [-0.15, -0.1) is 0 Å². The summed E-state index contributed by atoms with van der Waals surface area (Å²) in [4.78, 5) is 0. The molecule has 0 radical (unpaired) electrons. The third kappa shape index (κ3) is 4.71. The second kappa shape index (κ2) is 7.47. The summed E-state index contributed by atoms with van der Waals surface area (Å²) < 4.78 is 27.0. The Balaban J connectivity index is 2.03. The van der Waals surface area contributed by atoms with Crippen LogP contribution in [0.25, 0.3) is 0 Å². The molecule has 1 atom stereocenters. The van der Waals surface area contributed by atoms with E-state index in [0.717, 1.165) is 5.56 Å². The summed E-state index contributed by atoms with van der Waals surface area (Å²) in [6.07, 6.45) is 0. The van der Waals surface area contributed by atoms with Gasteiger partial charge in [0.15, 0.2) is 0 Å². The van der Waals surface area contributed by atoms with E-state index in [4.69, 9.17) is 23.2 Å². The summed E-state index contributed by atoms with van der Waals surface area (Å²) in [5, 5.41) is 0.711. The molecule has 0 saturated carbocycles. The first-order valence-corrected chi connectivity index (χ1v) is 9.25. The molecule has 0 saturated heterocycles. The maximum atomic E-state index is 12.2. The average Bonchev–Trinajstić information content (AvgIpc) is 2.50. The van der Waals surface area contributed by atoms with E-state index in [-0.39, 0.29) is 11.7 Å². The van der Waals surface area contributed by atoms with Gasteiger partial charge in [0.25, 0.3) is 0 Å². The lowest BCUT2D eigenvalue weighted by Crippen LogP contribution is -2.29. The van der Waals surface area contributed by atoms with Crippen LogP contribution in [-0.4, -0.2) is 15.0 Å². The summed E-state index contributed by atoms with van der Waals surface area (Å²) in [5.41, 5.74) is 1.51. The number of nitrogens with one attached hydrogen (secondary N) is 1. The summed E-state index contributed by atoms with van der Waals surface area (Å²) in [5.74, 6) is -0.148. The van der Waals surface area contributed by atoms with Crippen molar-refractivity contribution in [1.82, 2.24) is 4.72 Å². The molecule has 0 heterocycles. The Kier molecular flexibility index (Phi) is 5.87. The van der Waals surface area contributed by atoms with Crippen LogP contribution in [0.3, 0.4) is 0 Å². The summed E-state index contributed by atoms with van der Waals surface area (Å²) >= 11 is 12.0. The van der Waals surface area contributed by atoms with Crippen LogP contribution >= 0.6 is 23.2 Å². The van der Waals surface area contributed by atoms with Crippen LogP contribution in [0.15, 0.2) is 48.5 Å². The maximum Gasteiger partial charge on any atom is 0.215 e. The first kappa shape index (κ1) is 17.3. The number of hydrogen-bond acceptors (Lipinski definition) is 2. The fourth-order valence-electron chi connectivity index (χ4n) is 2.06. The van der Waals surface area contributed by atoms with E-state index < -0.39 is 10.0 Å². The van der Waals surface area contributed by atoms with Gasteiger partial charge in [-0.3, -0.25) is 0 Å². The lowest BCUT2D eigenvalue weighted by Gasteiger charge is -2.14. The van der Waals surface area contributed by atoms with Crippen molar-refractivity contribution in [3.05, 3.63) is 69.7 Å². The molecule has 3 nitrogen and oxygen atoms in total. The summed E-state index contributed by atoms with van der Waals surface area (Å²) in [6, 6.07) is 14.7. The predicted molar refractivity (Wildman–Crippen MR) is 91.9 cm³/mol. The van der Waals surface area contributed by atoms with E-state index in [1.807, 2.05) is 37.3 Å². The van der Waals surface area contributed by atoms with Crippen LogP contribution in [0.5, 0.6) is 0 Å². The molecule has 0 fully saturated rings. The van der Waals surface area contributed by atoms with Crippen LogP contribution in [-0.2, 0) is 15.8 Å². The van der Waals surface area contributed by atoms with Crippen molar-refractivity contribution in [3.8, 4) is 0 Å². The third-order valence-corrected chi connectivity index (χ3v) is 5.36. The van der Waals surface area contributed by atoms with Gasteiger partial charge in [-0.05, 0) is 23.6 Å². The molecule has 0 spiro atoms. The SMILES string of the molecule is CC(CNS(=O)(=O)Cc1c(Cl)cccc1Cl)c1ccccc1. The number of hydrogen-bond donors (Lipinski definition) is 1. The van der Waals surface area contributed by atoms with Crippen LogP contribution in [0, 0.1) is 0 Å². The van der Waals surface area contributed by atoms with Gasteiger partial charge in [-0.1, -0.05) is 66.5 Å². The zero-order valence-electron chi connectivity index (χ0n) is 12.1. The highest BCUT2D eigenvalue weighted by atomic mass is 35.5. The van der Waals surface area contributed by atoms with Gasteiger partial charge in [0.2, 0.25) is 10.0 Å². The van der Waals surface area contributed by atoms with Gasteiger partial charge < -0.3 is 0 Å². The zero-order chi connectivity index (χ0) is 16.2. The molecule has 22 heavy (non-hydrogen) atoms. The standard InChI is InChI=1S/C16H17Cl2NO2S/c1-12(13-6-3-2-4-7-13)10-19-22(20,21)11-14-15(17)8-5-9-16(14)18/h2-9,12,19H,10-11H2,1H3. The van der Waals surface area contributed by atoms with Gasteiger partial charge in [-0.25, -0.2) is 13.1 Å². The van der Waals surface area contributed by atoms with Crippen LogP contribution in [0.4, 0.5) is 0 Å². The molecule has 6 heteroatoms. The Labute approximate surface area is 141 Å². The van der Waals surface area contributed by atoms with E-state index >= 15 is 0 Å². The van der Waals surface area contributed by atoms with Crippen molar-refractivity contribution < 1.29 is 8.42 Å². The van der Waals surface area contributed by atoms with E-state index in [9.17, 15) is 8.42 Å². The molecule has 1 N–H and O–H groups in total. The molecule has 0 aliphatic carbocycles. The van der Waals surface area contributed by atoms with Crippen molar-refractivity contribution in [2.45, 2.75) is 18.6 Å². The first-order chi connectivity index (χ1) is 10.4. The van der Waals surface area contributed by atoms with E-state index in [0.29, 0.717) is 22.2 Å². The fraction of sp³-hybridized carbons (Fsp3) is 0.250. The van der Waals surface area contributed by atoms with Gasteiger partial charge >= 0.3 is 0 Å². The van der Waals surface area contributed by atoms with Gasteiger partial charge in [-0.2, -0.15) is 0 Å². The van der Waals surface area contributed by atoms with Crippen LogP contribution < -0.4 is 4.72 Å². The lowest BCUT2D eigenvalue weighted by molar-refractivity contribution is 0.574. The number of rotatable bonds is 6. The normalized spacial score (nSPS) is 13.0. The van der Waals surface area contributed by atoms with Crippen LogP contribution in [0.1, 0.15) is 24.0 Å². The minimum Gasteiger partial charge on any atom is -0.214 e. The monoisotopic (exact) mass is 357 g/mol. The molecule has 0 amide bonds. The first-order valence-electron chi connectivity index (χ1n) is 6.84. The van der Waals surface area contributed by atoms with Crippen molar-refractivity contribution in [2.75, 3.05) is 6.54 Å². The van der Waals surface area contributed by atoms with Gasteiger partial charge in [0, 0.05) is 22.2 Å². The maximum absolute atomic E-state index is 12.2. The quantitative estimate of drug-likeness (QED) is 0.841. The van der Waals surface area contributed by atoms with Crippen molar-refractivity contribution >= 4 is 33.2 Å². The molecule has 2 aromatic carbocycles. The highest BCUT2D eigenvalue weighted by Crippen LogP contribution is 2.26. The largest absolute Gasteiger partial charge is 0.215 e. The fourth-order valence-corrected chi connectivity index (χ4v) is 4.05. The number of sulfonamides is 1. The van der Waals surface area contributed by atoms with Crippen LogP contribution in [0.2, 0.25) is 10.0 Å². The molecule has 0 aromatic heterocycles. The molecule has 2 rings (SSSR count). The minimum atomic E-state index is -3.50. The minimum absolute atomic E-state index is 0.0812. The molecule has 2 aromatic rings. The Bertz CT molecular complexity index is 713. The average molecular weight is 358 g/mol. The molecule has 0 aliphatic heterocycles. The molecular formula is C16H17Cl2NO2S. The Morgan fingerprint density at radius 3 is 2.18 bits per heavy atom. The molecule has 118 valence electrons. The second-order valence-corrected chi connectivity index (χ2v) is 7.74. The predicted octanol–water partition coefficient (Wildman–Crippen LogP) is 4.22. The molecular weight excluding hydrogens is 341 g/mol. The van der Waals surface area contributed by atoms with Crippen molar-refractivity contribution in [3.63, 3.8) is 0 Å². The molecule has 1 unspecified atom stereocenters. The smallest absolute Gasteiger partial charge is 0.214 e. The summed E-state index contributed by atoms with van der Waals surface area (Å²) in [6.45, 7) is 2.30.